The summed E-state index contributed by atoms with van der Waals surface area (Å²) in [5.41, 5.74) is 0.369. The molecule has 23 heavy (non-hydrogen) atoms. The van der Waals surface area contributed by atoms with Crippen LogP contribution in [0.15, 0.2) is 23.3 Å². The largest absolute Gasteiger partial charge is 0.357 e. The summed E-state index contributed by atoms with van der Waals surface area (Å²) >= 11 is 0. The molecular weight excluding hydrogens is 293 g/mol. The first kappa shape index (κ1) is 17.7. The van der Waals surface area contributed by atoms with Gasteiger partial charge in [-0.15, -0.1) is 0 Å². The molecule has 0 aliphatic carbocycles. The van der Waals surface area contributed by atoms with E-state index < -0.39 is 0 Å². The number of aliphatic imine (C=N–C) groups is 1. The highest BCUT2D eigenvalue weighted by Crippen LogP contribution is 2.18. The van der Waals surface area contributed by atoms with Crippen molar-refractivity contribution in [3.8, 4) is 0 Å². The van der Waals surface area contributed by atoms with Crippen molar-refractivity contribution in [3.63, 3.8) is 0 Å². The first-order chi connectivity index (χ1) is 11.0. The molecule has 1 aromatic heterocycles. The number of rotatable bonds is 5. The average molecular weight is 321 g/mol. The zero-order valence-corrected chi connectivity index (χ0v) is 14.5. The summed E-state index contributed by atoms with van der Waals surface area (Å²) in [6, 6.07) is 3.90. The molecule has 0 amide bonds. The van der Waals surface area contributed by atoms with Crippen molar-refractivity contribution >= 4 is 5.96 Å². The van der Waals surface area contributed by atoms with Crippen LogP contribution in [0.3, 0.4) is 0 Å². The monoisotopic (exact) mass is 321 g/mol. The van der Waals surface area contributed by atoms with Gasteiger partial charge < -0.3 is 10.6 Å². The van der Waals surface area contributed by atoms with Crippen LogP contribution in [-0.4, -0.2) is 47.6 Å². The normalized spacial score (nSPS) is 22.6. The van der Waals surface area contributed by atoms with Crippen LogP contribution in [0.1, 0.15) is 33.4 Å². The Hall–Kier alpha value is -1.69. The zero-order chi connectivity index (χ0) is 16.8. The second-order valence-corrected chi connectivity index (χ2v) is 6.40. The van der Waals surface area contributed by atoms with E-state index in [4.69, 9.17) is 0 Å². The second-order valence-electron chi connectivity index (χ2n) is 6.40. The van der Waals surface area contributed by atoms with Crippen molar-refractivity contribution in [2.75, 3.05) is 19.6 Å². The minimum Gasteiger partial charge on any atom is -0.357 e. The van der Waals surface area contributed by atoms with Gasteiger partial charge in [-0.05, 0) is 38.8 Å². The van der Waals surface area contributed by atoms with Gasteiger partial charge in [0.25, 0.3) is 0 Å². The Balaban J connectivity index is 2.01. The molecule has 1 aliphatic rings. The Labute approximate surface area is 138 Å². The van der Waals surface area contributed by atoms with E-state index in [0.29, 0.717) is 23.7 Å². The highest BCUT2D eigenvalue weighted by molar-refractivity contribution is 5.80. The SMILES string of the molecule is CCNC(=NCc1ncccc1F)NC1CN(C(C)C)CC1C. The van der Waals surface area contributed by atoms with Crippen LogP contribution in [0, 0.1) is 11.7 Å². The number of guanidine groups is 1. The summed E-state index contributed by atoms with van der Waals surface area (Å²) in [7, 11) is 0. The topological polar surface area (TPSA) is 52.6 Å². The predicted octanol–water partition coefficient (Wildman–Crippen LogP) is 2.00. The molecule has 6 heteroatoms. The predicted molar refractivity (Wildman–Crippen MR) is 91.8 cm³/mol. The fourth-order valence-corrected chi connectivity index (χ4v) is 2.80. The van der Waals surface area contributed by atoms with Gasteiger partial charge >= 0.3 is 0 Å². The van der Waals surface area contributed by atoms with Crippen molar-refractivity contribution in [1.29, 1.82) is 0 Å². The third-order valence-electron chi connectivity index (χ3n) is 4.26. The molecule has 0 bridgehead atoms. The molecule has 0 saturated carbocycles. The molecule has 2 heterocycles. The molecule has 1 saturated heterocycles. The lowest BCUT2D eigenvalue weighted by Crippen LogP contribution is -2.46. The second kappa shape index (κ2) is 8.24. The van der Waals surface area contributed by atoms with Crippen molar-refractivity contribution in [1.82, 2.24) is 20.5 Å². The molecule has 0 aromatic carbocycles. The maximum Gasteiger partial charge on any atom is 0.191 e. The average Bonchev–Trinajstić information content (AvgIpc) is 2.88. The van der Waals surface area contributed by atoms with Crippen molar-refractivity contribution in [3.05, 3.63) is 29.8 Å². The third-order valence-corrected chi connectivity index (χ3v) is 4.26. The number of hydrogen-bond acceptors (Lipinski definition) is 3. The lowest BCUT2D eigenvalue weighted by atomic mass is 10.1. The molecule has 1 aromatic rings. The van der Waals surface area contributed by atoms with Crippen LogP contribution in [-0.2, 0) is 6.54 Å². The maximum absolute atomic E-state index is 13.7. The van der Waals surface area contributed by atoms with E-state index in [1.807, 2.05) is 6.92 Å². The number of aromatic nitrogens is 1. The quantitative estimate of drug-likeness (QED) is 0.643. The van der Waals surface area contributed by atoms with E-state index >= 15 is 0 Å². The van der Waals surface area contributed by atoms with Crippen LogP contribution >= 0.6 is 0 Å². The molecule has 1 fully saturated rings. The number of likely N-dealkylation sites (tertiary alicyclic amines) is 1. The van der Waals surface area contributed by atoms with Gasteiger partial charge in [-0.25, -0.2) is 9.38 Å². The van der Waals surface area contributed by atoms with E-state index in [-0.39, 0.29) is 12.4 Å². The first-order valence-electron chi connectivity index (χ1n) is 8.39. The van der Waals surface area contributed by atoms with Gasteiger partial charge in [-0.2, -0.15) is 0 Å². The van der Waals surface area contributed by atoms with Crippen LogP contribution < -0.4 is 10.6 Å². The maximum atomic E-state index is 13.7. The summed E-state index contributed by atoms with van der Waals surface area (Å²) in [4.78, 5) is 11.0. The van der Waals surface area contributed by atoms with Crippen molar-refractivity contribution in [2.24, 2.45) is 10.9 Å². The lowest BCUT2D eigenvalue weighted by Gasteiger charge is -2.21. The lowest BCUT2D eigenvalue weighted by molar-refractivity contribution is 0.265. The van der Waals surface area contributed by atoms with Crippen LogP contribution in [0.4, 0.5) is 4.39 Å². The van der Waals surface area contributed by atoms with E-state index in [1.165, 1.54) is 6.07 Å². The molecule has 2 rings (SSSR count). The third kappa shape index (κ3) is 4.89. The van der Waals surface area contributed by atoms with Crippen LogP contribution in [0.25, 0.3) is 0 Å². The van der Waals surface area contributed by atoms with E-state index in [9.17, 15) is 4.39 Å². The Morgan fingerprint density at radius 3 is 2.87 bits per heavy atom. The van der Waals surface area contributed by atoms with Crippen molar-refractivity contribution in [2.45, 2.75) is 46.3 Å². The van der Waals surface area contributed by atoms with Crippen LogP contribution in [0.5, 0.6) is 0 Å². The standard InChI is InChI=1S/C17H28FN5/c1-5-19-17(21-9-15-14(18)7-6-8-20-15)22-16-11-23(12(2)3)10-13(16)4/h6-8,12-13,16H,5,9-11H2,1-4H3,(H2,19,21,22). The van der Waals surface area contributed by atoms with Gasteiger partial charge in [0, 0.05) is 37.9 Å². The summed E-state index contributed by atoms with van der Waals surface area (Å²) in [6.45, 7) is 11.8. The van der Waals surface area contributed by atoms with Gasteiger partial charge in [-0.1, -0.05) is 6.92 Å². The number of nitrogens with one attached hydrogen (secondary N) is 2. The molecule has 0 spiro atoms. The molecule has 128 valence electrons. The molecule has 5 nitrogen and oxygen atoms in total. The Morgan fingerprint density at radius 1 is 1.48 bits per heavy atom. The van der Waals surface area contributed by atoms with E-state index in [2.05, 4.69) is 46.3 Å². The number of pyridine rings is 1. The molecule has 1 aliphatic heterocycles. The van der Waals surface area contributed by atoms with Crippen LogP contribution in [0.2, 0.25) is 0 Å². The minimum absolute atomic E-state index is 0.233. The minimum atomic E-state index is -0.313. The van der Waals surface area contributed by atoms with Gasteiger partial charge in [-0.3, -0.25) is 9.88 Å². The number of nitrogens with zero attached hydrogens (tertiary/aromatic N) is 3. The molecule has 2 unspecified atom stereocenters. The Kier molecular flexibility index (Phi) is 6.33. The molecular formula is C17H28FN5. The molecule has 2 N–H and O–H groups in total. The number of hydrogen-bond donors (Lipinski definition) is 2. The summed E-state index contributed by atoms with van der Waals surface area (Å²) in [6.07, 6.45) is 1.59. The zero-order valence-electron chi connectivity index (χ0n) is 14.5. The van der Waals surface area contributed by atoms with E-state index in [0.717, 1.165) is 25.6 Å². The Bertz CT molecular complexity index is 531. The first-order valence-corrected chi connectivity index (χ1v) is 8.39. The van der Waals surface area contributed by atoms with Gasteiger partial charge in [0.1, 0.15) is 5.82 Å². The summed E-state index contributed by atoms with van der Waals surface area (Å²) in [5, 5.41) is 6.72. The molecule has 0 radical (unpaired) electrons. The fraction of sp³-hybridized carbons (Fsp3) is 0.647. The smallest absolute Gasteiger partial charge is 0.191 e. The van der Waals surface area contributed by atoms with Gasteiger partial charge in [0.2, 0.25) is 0 Å². The summed E-state index contributed by atoms with van der Waals surface area (Å²) in [5.74, 6) is 0.958. The Morgan fingerprint density at radius 2 is 2.26 bits per heavy atom. The van der Waals surface area contributed by atoms with E-state index in [1.54, 1.807) is 12.3 Å². The van der Waals surface area contributed by atoms with Gasteiger partial charge in [0.15, 0.2) is 5.96 Å². The highest BCUT2D eigenvalue weighted by atomic mass is 19.1. The number of halogens is 1. The highest BCUT2D eigenvalue weighted by Gasteiger charge is 2.31. The fourth-order valence-electron chi connectivity index (χ4n) is 2.80. The summed E-state index contributed by atoms with van der Waals surface area (Å²) < 4.78 is 13.7. The molecule has 2 atom stereocenters. The van der Waals surface area contributed by atoms with Gasteiger partial charge in [0.05, 0.1) is 12.2 Å². The van der Waals surface area contributed by atoms with Crippen molar-refractivity contribution < 1.29 is 4.39 Å².